The summed E-state index contributed by atoms with van der Waals surface area (Å²) in [6.45, 7) is 1.83. The van der Waals surface area contributed by atoms with Crippen LogP contribution in [0.3, 0.4) is 0 Å². The fourth-order valence-corrected chi connectivity index (χ4v) is 3.63. The zero-order chi connectivity index (χ0) is 17.2. The van der Waals surface area contributed by atoms with E-state index in [9.17, 15) is 13.2 Å². The van der Waals surface area contributed by atoms with Crippen LogP contribution in [-0.4, -0.2) is 33.3 Å². The van der Waals surface area contributed by atoms with E-state index < -0.39 is 10.0 Å². The van der Waals surface area contributed by atoms with Gasteiger partial charge in [-0.1, -0.05) is 17.7 Å². The Labute approximate surface area is 140 Å². The Morgan fingerprint density at radius 1 is 1.09 bits per heavy atom. The lowest BCUT2D eigenvalue weighted by Gasteiger charge is -2.12. The van der Waals surface area contributed by atoms with Crippen molar-refractivity contribution in [3.63, 3.8) is 0 Å². The summed E-state index contributed by atoms with van der Waals surface area (Å²) >= 11 is 6.01. The molecule has 0 unspecified atom stereocenters. The van der Waals surface area contributed by atoms with Gasteiger partial charge < -0.3 is 4.90 Å². The maximum absolute atomic E-state index is 12.4. The van der Waals surface area contributed by atoms with Crippen molar-refractivity contribution in [3.8, 4) is 0 Å². The molecule has 0 bridgehead atoms. The first-order valence-electron chi connectivity index (χ1n) is 6.81. The van der Waals surface area contributed by atoms with Crippen LogP contribution in [0.4, 0.5) is 5.69 Å². The number of hydrogen-bond donors (Lipinski definition) is 1. The fraction of sp³-hybridized carbons (Fsp3) is 0.188. The maximum atomic E-state index is 12.4. The highest BCUT2D eigenvalue weighted by atomic mass is 35.5. The van der Waals surface area contributed by atoms with Crippen molar-refractivity contribution < 1.29 is 13.2 Å². The molecule has 0 radical (unpaired) electrons. The number of nitrogens with zero attached hydrogens (tertiary/aromatic N) is 1. The minimum Gasteiger partial charge on any atom is -0.345 e. The van der Waals surface area contributed by atoms with Crippen LogP contribution in [0.15, 0.2) is 47.4 Å². The molecule has 2 rings (SSSR count). The van der Waals surface area contributed by atoms with Crippen LogP contribution in [-0.2, 0) is 10.0 Å². The number of carbonyl (C=O) groups is 1. The number of benzene rings is 2. The van der Waals surface area contributed by atoms with Crippen LogP contribution in [0.2, 0.25) is 5.02 Å². The second-order valence-electron chi connectivity index (χ2n) is 5.32. The van der Waals surface area contributed by atoms with Gasteiger partial charge in [0.25, 0.3) is 15.9 Å². The summed E-state index contributed by atoms with van der Waals surface area (Å²) in [6, 6.07) is 10.9. The number of sulfonamides is 1. The number of hydrogen-bond acceptors (Lipinski definition) is 3. The van der Waals surface area contributed by atoms with Crippen LogP contribution in [0, 0.1) is 6.92 Å². The molecule has 0 aliphatic rings. The van der Waals surface area contributed by atoms with E-state index in [2.05, 4.69) is 4.72 Å². The second-order valence-corrected chi connectivity index (χ2v) is 7.37. The first-order valence-corrected chi connectivity index (χ1v) is 8.67. The molecule has 0 atom stereocenters. The van der Waals surface area contributed by atoms with Gasteiger partial charge >= 0.3 is 0 Å². The minimum atomic E-state index is -3.79. The first kappa shape index (κ1) is 17.3. The highest BCUT2D eigenvalue weighted by molar-refractivity contribution is 7.92. The topological polar surface area (TPSA) is 66.5 Å². The van der Waals surface area contributed by atoms with Gasteiger partial charge in [-0.25, -0.2) is 8.42 Å². The Morgan fingerprint density at radius 3 is 2.22 bits per heavy atom. The molecule has 1 N–H and O–H groups in total. The molecule has 0 saturated carbocycles. The summed E-state index contributed by atoms with van der Waals surface area (Å²) in [7, 11) is -0.485. The zero-order valence-electron chi connectivity index (χ0n) is 13.0. The average molecular weight is 353 g/mol. The molecule has 2 aromatic rings. The third-order valence-corrected chi connectivity index (χ3v) is 5.03. The number of halogens is 1. The lowest BCUT2D eigenvalue weighted by atomic mass is 10.2. The SMILES string of the molecule is Cc1ccc(S(=O)(=O)Nc2ccc(C(=O)N(C)C)cc2)c(Cl)c1. The maximum Gasteiger partial charge on any atom is 0.263 e. The molecule has 5 nitrogen and oxygen atoms in total. The van der Waals surface area contributed by atoms with Crippen molar-refractivity contribution in [2.24, 2.45) is 0 Å². The van der Waals surface area contributed by atoms with Crippen LogP contribution >= 0.6 is 11.6 Å². The molecule has 0 aromatic heterocycles. The first-order chi connectivity index (χ1) is 10.7. The van der Waals surface area contributed by atoms with Crippen LogP contribution < -0.4 is 4.72 Å². The Balaban J connectivity index is 2.26. The molecule has 0 fully saturated rings. The van der Waals surface area contributed by atoms with Crippen molar-refractivity contribution >= 4 is 33.2 Å². The van der Waals surface area contributed by atoms with Crippen molar-refractivity contribution in [1.82, 2.24) is 4.90 Å². The molecule has 0 aliphatic heterocycles. The number of nitrogens with one attached hydrogen (secondary N) is 1. The highest BCUT2D eigenvalue weighted by Crippen LogP contribution is 2.25. The van der Waals surface area contributed by atoms with Gasteiger partial charge in [-0.2, -0.15) is 0 Å². The normalized spacial score (nSPS) is 11.1. The number of aryl methyl sites for hydroxylation is 1. The van der Waals surface area contributed by atoms with E-state index in [0.29, 0.717) is 11.3 Å². The largest absolute Gasteiger partial charge is 0.345 e. The van der Waals surface area contributed by atoms with Gasteiger partial charge in [0.05, 0.1) is 5.02 Å². The van der Waals surface area contributed by atoms with Gasteiger partial charge in [0.2, 0.25) is 0 Å². The summed E-state index contributed by atoms with van der Waals surface area (Å²) in [5.74, 6) is -0.152. The van der Waals surface area contributed by atoms with Crippen molar-refractivity contribution in [2.75, 3.05) is 18.8 Å². The summed E-state index contributed by atoms with van der Waals surface area (Å²) < 4.78 is 27.2. The third kappa shape index (κ3) is 4.03. The Morgan fingerprint density at radius 2 is 1.70 bits per heavy atom. The predicted octanol–water partition coefficient (Wildman–Crippen LogP) is 3.15. The Hall–Kier alpha value is -2.05. The molecule has 122 valence electrons. The van der Waals surface area contributed by atoms with E-state index >= 15 is 0 Å². The predicted molar refractivity (Wildman–Crippen MR) is 91.5 cm³/mol. The molecule has 0 aliphatic carbocycles. The Kier molecular flexibility index (Phi) is 4.97. The van der Waals surface area contributed by atoms with Crippen molar-refractivity contribution in [2.45, 2.75) is 11.8 Å². The van der Waals surface area contributed by atoms with Crippen LogP contribution in [0.5, 0.6) is 0 Å². The lowest BCUT2D eigenvalue weighted by molar-refractivity contribution is 0.0827. The molecule has 1 amide bonds. The smallest absolute Gasteiger partial charge is 0.263 e. The summed E-state index contributed by atoms with van der Waals surface area (Å²) in [5, 5.41) is 0.164. The minimum absolute atomic E-state index is 0.0122. The monoisotopic (exact) mass is 352 g/mol. The van der Waals surface area contributed by atoms with E-state index in [0.717, 1.165) is 5.56 Å². The average Bonchev–Trinajstić information content (AvgIpc) is 2.46. The zero-order valence-corrected chi connectivity index (χ0v) is 14.6. The van der Waals surface area contributed by atoms with E-state index in [1.807, 2.05) is 6.92 Å². The van der Waals surface area contributed by atoms with Gasteiger partial charge in [0.15, 0.2) is 0 Å². The van der Waals surface area contributed by atoms with E-state index in [1.165, 1.54) is 23.1 Å². The third-order valence-electron chi connectivity index (χ3n) is 3.17. The highest BCUT2D eigenvalue weighted by Gasteiger charge is 2.18. The molecule has 0 saturated heterocycles. The molecule has 0 spiro atoms. The molecule has 23 heavy (non-hydrogen) atoms. The number of anilines is 1. The van der Waals surface area contributed by atoms with Gasteiger partial charge in [-0.3, -0.25) is 9.52 Å². The number of amides is 1. The molecule has 7 heteroatoms. The van der Waals surface area contributed by atoms with Crippen molar-refractivity contribution in [1.29, 1.82) is 0 Å². The molecular weight excluding hydrogens is 336 g/mol. The standard InChI is InChI=1S/C16H17ClN2O3S/c1-11-4-9-15(14(17)10-11)23(21,22)18-13-7-5-12(6-8-13)16(20)19(2)3/h4-10,18H,1-3H3. The quantitative estimate of drug-likeness (QED) is 0.919. The number of carbonyl (C=O) groups excluding carboxylic acids is 1. The molecule has 0 heterocycles. The van der Waals surface area contributed by atoms with E-state index in [-0.39, 0.29) is 15.8 Å². The van der Waals surface area contributed by atoms with E-state index in [1.54, 1.807) is 38.4 Å². The summed E-state index contributed by atoms with van der Waals surface area (Å²) in [4.78, 5) is 13.3. The fourth-order valence-electron chi connectivity index (χ4n) is 1.97. The van der Waals surface area contributed by atoms with Crippen LogP contribution in [0.1, 0.15) is 15.9 Å². The summed E-state index contributed by atoms with van der Waals surface area (Å²) in [6.07, 6.45) is 0. The van der Waals surface area contributed by atoms with Crippen molar-refractivity contribution in [3.05, 3.63) is 58.6 Å². The van der Waals surface area contributed by atoms with Gasteiger partial charge in [-0.05, 0) is 48.9 Å². The van der Waals surface area contributed by atoms with Crippen LogP contribution in [0.25, 0.3) is 0 Å². The second kappa shape index (κ2) is 6.60. The van der Waals surface area contributed by atoms with Gasteiger partial charge in [0, 0.05) is 25.3 Å². The summed E-state index contributed by atoms with van der Waals surface area (Å²) in [5.41, 5.74) is 1.71. The van der Waals surface area contributed by atoms with E-state index in [4.69, 9.17) is 11.6 Å². The number of rotatable bonds is 4. The Bertz CT molecular complexity index is 831. The molecule has 2 aromatic carbocycles. The molecular formula is C16H17ClN2O3S. The lowest BCUT2D eigenvalue weighted by Crippen LogP contribution is -2.21. The van der Waals surface area contributed by atoms with Gasteiger partial charge in [0.1, 0.15) is 4.90 Å². The van der Waals surface area contributed by atoms with Gasteiger partial charge in [-0.15, -0.1) is 0 Å².